The molecule has 0 radical (unpaired) electrons. The van der Waals surface area contributed by atoms with E-state index in [9.17, 15) is 14.4 Å². The van der Waals surface area contributed by atoms with E-state index in [1.54, 1.807) is 12.4 Å². The van der Waals surface area contributed by atoms with Gasteiger partial charge in [-0.3, -0.25) is 24.6 Å². The molecule has 2 amide bonds. The van der Waals surface area contributed by atoms with E-state index in [0.29, 0.717) is 29.7 Å². The molecule has 2 aromatic heterocycles. The number of amides is 2. The number of hydrogen-bond acceptors (Lipinski definition) is 8. The molecule has 0 fully saturated rings. The van der Waals surface area contributed by atoms with Gasteiger partial charge in [0.05, 0.1) is 46.3 Å². The van der Waals surface area contributed by atoms with Gasteiger partial charge in [0, 0.05) is 54.9 Å². The third-order valence-corrected chi connectivity index (χ3v) is 10.3. The van der Waals surface area contributed by atoms with Gasteiger partial charge in [0.25, 0.3) is 11.8 Å². The smallest absolute Gasteiger partial charge is 0.255 e. The number of aromatic nitrogens is 4. The van der Waals surface area contributed by atoms with Gasteiger partial charge in [-0.25, -0.2) is 0 Å². The summed E-state index contributed by atoms with van der Waals surface area (Å²) in [5, 5.41) is 20.7. The van der Waals surface area contributed by atoms with Gasteiger partial charge in [0.2, 0.25) is 0 Å². The highest BCUT2D eigenvalue weighted by molar-refractivity contribution is 6.03. The number of hydrogen-bond donors (Lipinski definition) is 5. The van der Waals surface area contributed by atoms with Gasteiger partial charge in [-0.05, 0) is 53.6 Å². The lowest BCUT2D eigenvalue weighted by Gasteiger charge is -2.36. The van der Waals surface area contributed by atoms with Gasteiger partial charge >= 0.3 is 0 Å². The average Bonchev–Trinajstić information content (AvgIpc) is 3.93. The molecule has 2 unspecified atom stereocenters. The number of para-hydroxylation sites is 2. The molecule has 9 rings (SSSR count). The van der Waals surface area contributed by atoms with Crippen LogP contribution in [-0.4, -0.2) is 52.1 Å². The summed E-state index contributed by atoms with van der Waals surface area (Å²) < 4.78 is 0. The van der Waals surface area contributed by atoms with Crippen LogP contribution in [0, 0.1) is 0 Å². The number of fused-ring (bicyclic) bond motifs is 2. The van der Waals surface area contributed by atoms with Crippen molar-refractivity contribution in [3.63, 3.8) is 0 Å². The minimum atomic E-state index is -0.357. The number of carbonyl (C=O) groups is 3. The standard InChI is InChI=1S/C27H24N4O2.C18H17N5O/c1-31-24-13-6-5-12-22(24)27(33)29-26(31)23-17-28-30-25(23)20-11-7-10-19(14-20)16-21(32)15-18-8-3-2-4-9-18;1-23-15-8-3-2-7-13(15)18(24)21-17(23)14-10-20-22-16(14)11-5-4-6-12(19)9-11/h2-14,17,26H,15-16H2,1H3,(H,28,30)(H,29,33);2-10,17H,19H2,1H3,(H,20,22)(H,21,24). The molecule has 2 aliphatic rings. The molecule has 5 aromatic carbocycles. The van der Waals surface area contributed by atoms with Crippen molar-refractivity contribution in [2.24, 2.45) is 0 Å². The lowest BCUT2D eigenvalue weighted by Crippen LogP contribution is -2.44. The van der Waals surface area contributed by atoms with Crippen LogP contribution >= 0.6 is 0 Å². The van der Waals surface area contributed by atoms with E-state index in [2.05, 4.69) is 31.0 Å². The van der Waals surface area contributed by atoms with Crippen LogP contribution in [0.4, 0.5) is 17.1 Å². The minimum Gasteiger partial charge on any atom is -0.399 e. The summed E-state index contributed by atoms with van der Waals surface area (Å²) in [6, 6.07) is 40.4. The first-order valence-corrected chi connectivity index (χ1v) is 18.6. The third kappa shape index (κ3) is 7.48. The Hall–Kier alpha value is -7.47. The van der Waals surface area contributed by atoms with Crippen molar-refractivity contribution in [3.05, 3.63) is 173 Å². The molecule has 57 heavy (non-hydrogen) atoms. The molecule has 4 heterocycles. The number of rotatable bonds is 8. The molecule has 0 saturated heterocycles. The first-order valence-electron chi connectivity index (χ1n) is 18.6. The third-order valence-electron chi connectivity index (χ3n) is 10.3. The molecular formula is C45H41N9O3. The summed E-state index contributed by atoms with van der Waals surface area (Å²) in [6.45, 7) is 0. The molecule has 284 valence electrons. The van der Waals surface area contributed by atoms with Crippen molar-refractivity contribution in [1.29, 1.82) is 0 Å². The number of anilines is 3. The number of nitrogens with two attached hydrogens (primary N) is 1. The van der Waals surface area contributed by atoms with Crippen LogP contribution in [-0.2, 0) is 17.6 Å². The van der Waals surface area contributed by atoms with Crippen LogP contribution < -0.4 is 26.2 Å². The molecule has 7 aromatic rings. The normalized spacial score (nSPS) is 15.8. The van der Waals surface area contributed by atoms with Crippen LogP contribution in [0.2, 0.25) is 0 Å². The quantitative estimate of drug-likeness (QED) is 0.105. The van der Waals surface area contributed by atoms with E-state index in [-0.39, 0.29) is 29.9 Å². The van der Waals surface area contributed by atoms with Gasteiger partial charge in [-0.2, -0.15) is 10.2 Å². The van der Waals surface area contributed by atoms with Crippen LogP contribution in [0.3, 0.4) is 0 Å². The molecule has 0 bridgehead atoms. The number of ketones is 1. The number of benzene rings is 5. The minimum absolute atomic E-state index is 0.0894. The summed E-state index contributed by atoms with van der Waals surface area (Å²) >= 11 is 0. The van der Waals surface area contributed by atoms with E-state index >= 15 is 0 Å². The number of H-pyrrole nitrogens is 2. The molecular weight excluding hydrogens is 715 g/mol. The fourth-order valence-corrected chi connectivity index (χ4v) is 7.51. The number of nitrogen functional groups attached to an aromatic ring is 1. The summed E-state index contributed by atoms with van der Waals surface area (Å²) in [5.41, 5.74) is 16.9. The molecule has 0 saturated carbocycles. The van der Waals surface area contributed by atoms with Crippen molar-refractivity contribution >= 4 is 34.7 Å². The van der Waals surface area contributed by atoms with Crippen molar-refractivity contribution in [2.75, 3.05) is 29.6 Å². The number of nitrogens with zero attached hydrogens (tertiary/aromatic N) is 4. The summed E-state index contributed by atoms with van der Waals surface area (Å²) in [5.74, 6) is -0.0337. The van der Waals surface area contributed by atoms with E-state index in [4.69, 9.17) is 5.73 Å². The van der Waals surface area contributed by atoms with Gasteiger partial charge in [-0.1, -0.05) is 84.9 Å². The molecule has 12 nitrogen and oxygen atoms in total. The lowest BCUT2D eigenvalue weighted by atomic mass is 9.98. The zero-order valence-corrected chi connectivity index (χ0v) is 31.4. The Bertz CT molecular complexity index is 2580. The molecule has 2 aliphatic heterocycles. The highest BCUT2D eigenvalue weighted by atomic mass is 16.2. The van der Waals surface area contributed by atoms with E-state index in [0.717, 1.165) is 56.1 Å². The number of carbonyl (C=O) groups excluding carboxylic acids is 3. The lowest BCUT2D eigenvalue weighted by molar-refractivity contribution is -0.117. The van der Waals surface area contributed by atoms with E-state index in [1.165, 1.54) is 0 Å². The fraction of sp³-hybridized carbons (Fsp3) is 0.133. The fourth-order valence-electron chi connectivity index (χ4n) is 7.51. The average molecular weight is 756 g/mol. The van der Waals surface area contributed by atoms with Gasteiger partial charge in [0.1, 0.15) is 18.1 Å². The van der Waals surface area contributed by atoms with Gasteiger partial charge in [-0.15, -0.1) is 0 Å². The van der Waals surface area contributed by atoms with Crippen LogP contribution in [0.15, 0.2) is 140 Å². The number of Topliss-reactive ketones (excluding diaryl/α,β-unsaturated/α-hetero) is 1. The summed E-state index contributed by atoms with van der Waals surface area (Å²) in [4.78, 5) is 41.8. The second kappa shape index (κ2) is 15.7. The SMILES string of the molecule is CN1c2ccccc2C(=O)NC1c1cn[nH]c1-c1cccc(CC(=O)Cc2ccccc2)c1.CN1c2ccccc2C(=O)NC1c1cn[nH]c1-c1cccc(N)c1. The van der Waals surface area contributed by atoms with Crippen molar-refractivity contribution in [3.8, 4) is 22.5 Å². The summed E-state index contributed by atoms with van der Waals surface area (Å²) in [7, 11) is 3.91. The maximum Gasteiger partial charge on any atom is 0.255 e. The van der Waals surface area contributed by atoms with Crippen LogP contribution in [0.5, 0.6) is 0 Å². The Morgan fingerprint density at radius 2 is 1.07 bits per heavy atom. The summed E-state index contributed by atoms with van der Waals surface area (Å²) in [6.07, 6.45) is 3.61. The van der Waals surface area contributed by atoms with Crippen LogP contribution in [0.1, 0.15) is 55.3 Å². The second-order valence-corrected chi connectivity index (χ2v) is 14.1. The Labute approximate surface area is 329 Å². The van der Waals surface area contributed by atoms with Crippen molar-refractivity contribution in [1.82, 2.24) is 31.0 Å². The number of nitrogens with one attached hydrogen (secondary N) is 4. The van der Waals surface area contributed by atoms with Gasteiger partial charge < -0.3 is 26.2 Å². The predicted molar refractivity (Wildman–Crippen MR) is 221 cm³/mol. The van der Waals surface area contributed by atoms with Crippen molar-refractivity contribution < 1.29 is 14.4 Å². The highest BCUT2D eigenvalue weighted by Gasteiger charge is 2.33. The van der Waals surface area contributed by atoms with E-state index < -0.39 is 0 Å². The first-order chi connectivity index (χ1) is 27.7. The molecule has 6 N–H and O–H groups in total. The maximum atomic E-state index is 12.7. The van der Waals surface area contributed by atoms with Crippen LogP contribution in [0.25, 0.3) is 22.5 Å². The first kappa shape index (κ1) is 36.5. The Morgan fingerprint density at radius 1 is 0.596 bits per heavy atom. The number of aromatic amines is 2. The Balaban J connectivity index is 0.000000168. The Morgan fingerprint density at radius 3 is 1.63 bits per heavy atom. The molecule has 12 heteroatoms. The second-order valence-electron chi connectivity index (χ2n) is 14.1. The largest absolute Gasteiger partial charge is 0.399 e. The molecule has 0 spiro atoms. The van der Waals surface area contributed by atoms with E-state index in [1.807, 2.05) is 151 Å². The maximum absolute atomic E-state index is 12.7. The van der Waals surface area contributed by atoms with Gasteiger partial charge in [0.15, 0.2) is 0 Å². The topological polar surface area (TPSA) is 165 Å². The Kier molecular flexibility index (Phi) is 10.1. The monoisotopic (exact) mass is 755 g/mol. The zero-order valence-electron chi connectivity index (χ0n) is 31.4. The predicted octanol–water partition coefficient (Wildman–Crippen LogP) is 6.85. The molecule has 2 atom stereocenters. The highest BCUT2D eigenvalue weighted by Crippen LogP contribution is 2.37. The van der Waals surface area contributed by atoms with Crippen molar-refractivity contribution in [2.45, 2.75) is 25.2 Å². The molecule has 0 aliphatic carbocycles. The zero-order chi connectivity index (χ0) is 39.5.